The molecule has 2 aliphatic carbocycles. The van der Waals surface area contributed by atoms with Crippen molar-refractivity contribution in [2.75, 3.05) is 0 Å². The second-order valence-electron chi connectivity index (χ2n) is 16.4. The van der Waals surface area contributed by atoms with Gasteiger partial charge in [-0.15, -0.1) is 0 Å². The molecule has 0 aliphatic heterocycles. The van der Waals surface area contributed by atoms with Crippen molar-refractivity contribution < 1.29 is 15.6 Å². The number of hydrogen-bond acceptors (Lipinski definition) is 0. The predicted octanol–water partition coefficient (Wildman–Crippen LogP) is 14.4. The van der Waals surface area contributed by atoms with Crippen LogP contribution in [0.3, 0.4) is 0 Å². The number of aryl methyl sites for hydroxylation is 4. The molecule has 0 saturated carbocycles. The summed E-state index contributed by atoms with van der Waals surface area (Å²) < 4.78 is 0.188. The Morgan fingerprint density at radius 3 is 1.30 bits per heavy atom. The summed E-state index contributed by atoms with van der Waals surface area (Å²) in [5.74, 6) is -0.671. The fraction of sp³-hybridized carbons (Fsp3) is 0.391. The van der Waals surface area contributed by atoms with E-state index in [2.05, 4.69) is 153 Å². The first-order valence-electron chi connectivity index (χ1n) is 19.1. The van der Waals surface area contributed by atoms with Crippen LogP contribution < -0.4 is 0 Å². The molecule has 0 bridgehead atoms. The van der Waals surface area contributed by atoms with E-state index >= 15 is 0 Å². The van der Waals surface area contributed by atoms with Gasteiger partial charge in [-0.05, 0) is 0 Å². The van der Waals surface area contributed by atoms with E-state index in [1.54, 1.807) is 0 Å². The molecule has 2 unspecified atom stereocenters. The van der Waals surface area contributed by atoms with E-state index in [0.717, 1.165) is 25.7 Å². The van der Waals surface area contributed by atoms with Gasteiger partial charge in [0.2, 0.25) is 0 Å². The molecule has 2 aliphatic rings. The minimum absolute atomic E-state index is 0.0942. The third-order valence-corrected chi connectivity index (χ3v) is 63.7. The van der Waals surface area contributed by atoms with Crippen LogP contribution >= 0.6 is 17.0 Å². The van der Waals surface area contributed by atoms with Gasteiger partial charge in [-0.3, -0.25) is 0 Å². The summed E-state index contributed by atoms with van der Waals surface area (Å²) in [6, 6.07) is 27.5. The Morgan fingerprint density at radius 2 is 0.980 bits per heavy atom. The van der Waals surface area contributed by atoms with E-state index in [-0.39, 0.29) is 7.25 Å². The van der Waals surface area contributed by atoms with Crippen LogP contribution in [0.5, 0.6) is 0 Å². The molecule has 0 N–H and O–H groups in total. The fourth-order valence-electron chi connectivity index (χ4n) is 9.48. The Kier molecular flexibility index (Phi) is 10.9. The van der Waals surface area contributed by atoms with Crippen molar-refractivity contribution in [3.63, 3.8) is 0 Å². The van der Waals surface area contributed by atoms with Gasteiger partial charge < -0.3 is 0 Å². The summed E-state index contributed by atoms with van der Waals surface area (Å²) in [7, 11) is 17.8. The molecule has 0 spiro atoms. The third-order valence-electron chi connectivity index (χ3n) is 11.8. The van der Waals surface area contributed by atoms with Crippen LogP contribution in [0.15, 0.2) is 83.9 Å². The summed E-state index contributed by atoms with van der Waals surface area (Å²) in [6.07, 6.45) is 9.15. The fourth-order valence-corrected chi connectivity index (χ4v) is 40.8. The predicted molar refractivity (Wildman–Crippen MR) is 223 cm³/mol. The van der Waals surface area contributed by atoms with E-state index in [4.69, 9.17) is 17.0 Å². The Labute approximate surface area is 312 Å². The zero-order valence-electron chi connectivity index (χ0n) is 32.1. The normalized spacial score (nSPS) is 17.9. The summed E-state index contributed by atoms with van der Waals surface area (Å²) in [5, 5.41) is 0. The number of halogens is 2. The van der Waals surface area contributed by atoms with Crippen molar-refractivity contribution in [2.45, 2.75) is 101 Å². The second-order valence-corrected chi connectivity index (χ2v) is 58.9. The van der Waals surface area contributed by atoms with Crippen molar-refractivity contribution in [3.8, 4) is 22.3 Å². The molecule has 0 fully saturated rings. The maximum atomic E-state index is 8.92. The van der Waals surface area contributed by atoms with Crippen molar-refractivity contribution in [2.24, 2.45) is 11.8 Å². The van der Waals surface area contributed by atoms with Gasteiger partial charge in [-0.25, -0.2) is 0 Å². The van der Waals surface area contributed by atoms with E-state index in [1.165, 1.54) is 77.9 Å². The van der Waals surface area contributed by atoms with Crippen LogP contribution in [-0.4, -0.2) is 5.92 Å². The van der Waals surface area contributed by atoms with Gasteiger partial charge in [0.1, 0.15) is 0 Å². The van der Waals surface area contributed by atoms with Crippen molar-refractivity contribution in [1.29, 1.82) is 0 Å². The summed E-state index contributed by atoms with van der Waals surface area (Å²) >= 11 is -4.95. The van der Waals surface area contributed by atoms with Gasteiger partial charge in [-0.1, -0.05) is 0 Å². The number of rotatable bonds is 11. The molecule has 0 aromatic heterocycles. The molecular weight excluding hydrogens is 743 g/mol. The average molecular weight is 800 g/mol. The minimum atomic E-state index is -4.95. The van der Waals surface area contributed by atoms with Crippen LogP contribution in [0.4, 0.5) is 0 Å². The van der Waals surface area contributed by atoms with Gasteiger partial charge in [0, 0.05) is 0 Å². The van der Waals surface area contributed by atoms with E-state index < -0.39 is 21.5 Å². The second kappa shape index (κ2) is 14.5. The Morgan fingerprint density at radius 1 is 0.600 bits per heavy atom. The molecule has 0 heterocycles. The first kappa shape index (κ1) is 37.8. The van der Waals surface area contributed by atoms with E-state index in [0.29, 0.717) is 11.8 Å². The third kappa shape index (κ3) is 6.27. The molecule has 0 saturated heterocycles. The zero-order chi connectivity index (χ0) is 36.1. The van der Waals surface area contributed by atoms with Crippen molar-refractivity contribution >= 4 is 35.1 Å². The van der Waals surface area contributed by atoms with Crippen LogP contribution in [0, 0.1) is 25.7 Å². The first-order valence-corrected chi connectivity index (χ1v) is 35.5. The van der Waals surface area contributed by atoms with Gasteiger partial charge >= 0.3 is 315 Å². The maximum absolute atomic E-state index is 8.92. The molecule has 2 atom stereocenters. The van der Waals surface area contributed by atoms with Crippen LogP contribution in [-0.2, 0) is 28.4 Å². The molecule has 0 nitrogen and oxygen atoms in total. The van der Waals surface area contributed by atoms with Gasteiger partial charge in [0.05, 0.1) is 0 Å². The Balaban J connectivity index is 1.68. The topological polar surface area (TPSA) is 0 Å². The molecule has 0 radical (unpaired) electrons. The molecule has 4 aromatic rings. The van der Waals surface area contributed by atoms with Crippen molar-refractivity contribution in [3.05, 3.63) is 128 Å². The van der Waals surface area contributed by atoms with E-state index in [1.807, 2.05) is 0 Å². The Hall–Kier alpha value is -1.96. The van der Waals surface area contributed by atoms with Crippen molar-refractivity contribution in [1.82, 2.24) is 0 Å². The molecule has 263 valence electrons. The standard InChI is InChI=1S/2C22H25.C2H7Si.2ClH.Zr/c2*1-5-18-10-11-19-13-17(12-15(2)3)14-21(19)22(18)20-9-7-6-8-16(20)4;1-3-2;;;/h2*6-11,13-15H,5,12H2,1-4H3;3H,1-2H3;2*1H;/q;;;;;+2/p-2. The SMILES string of the molecule is CCc1ccc2c(c1-c1ccccc1C)C=C(CC(C)C)[CH]2[Zr]([Cl])([Cl])([CH]1C(CC(C)C)=Cc2c1ccc(CC)c2-c1ccccc1C)[SiH](C)C. The summed E-state index contributed by atoms with van der Waals surface area (Å²) in [4.78, 5) is 0. The summed E-state index contributed by atoms with van der Waals surface area (Å²) in [6.45, 7) is 23.5. The van der Waals surface area contributed by atoms with Gasteiger partial charge in [0.15, 0.2) is 0 Å². The number of hydrogen-bond donors (Lipinski definition) is 0. The number of allylic oxidation sites excluding steroid dienone is 2. The monoisotopic (exact) mass is 797 g/mol. The number of fused-ring (bicyclic) bond motifs is 2. The van der Waals surface area contributed by atoms with Gasteiger partial charge in [0.25, 0.3) is 0 Å². The summed E-state index contributed by atoms with van der Waals surface area (Å²) in [5.41, 5.74) is 19.4. The average Bonchev–Trinajstić information content (AvgIpc) is 3.62. The molecule has 4 heteroatoms. The first-order chi connectivity index (χ1) is 23.7. The molecular formula is C46H57Cl2SiZr. The van der Waals surface area contributed by atoms with Crippen LogP contribution in [0.25, 0.3) is 34.4 Å². The van der Waals surface area contributed by atoms with Crippen LogP contribution in [0.1, 0.15) is 106 Å². The molecule has 4 aromatic carbocycles. The number of benzene rings is 4. The van der Waals surface area contributed by atoms with Gasteiger partial charge in [-0.2, -0.15) is 0 Å². The molecule has 50 heavy (non-hydrogen) atoms. The quantitative estimate of drug-likeness (QED) is 0.133. The molecule has 0 amide bonds. The molecule has 6 rings (SSSR count). The van der Waals surface area contributed by atoms with E-state index in [9.17, 15) is 0 Å². The zero-order valence-corrected chi connectivity index (χ0v) is 37.2. The Bertz CT molecular complexity index is 1860. The van der Waals surface area contributed by atoms with Crippen LogP contribution in [0.2, 0.25) is 13.1 Å².